The Bertz CT molecular complexity index is 1230. The number of anilines is 2. The van der Waals surface area contributed by atoms with Crippen molar-refractivity contribution < 1.29 is 23.1 Å². The Labute approximate surface area is 211 Å². The van der Waals surface area contributed by atoms with E-state index in [4.69, 9.17) is 31.5 Å². The van der Waals surface area contributed by atoms with E-state index in [-0.39, 0.29) is 0 Å². The van der Waals surface area contributed by atoms with Crippen LogP contribution in [0, 0.1) is 6.92 Å². The van der Waals surface area contributed by atoms with Gasteiger partial charge >= 0.3 is 12.1 Å². The van der Waals surface area contributed by atoms with Crippen LogP contribution >= 0.6 is 11.6 Å². The number of nitrogens with one attached hydrogen (secondary N) is 1. The number of carboxylic acids is 1. The number of carboxylic acid groups (broad SMARTS) is 1. The van der Waals surface area contributed by atoms with Crippen LogP contribution in [0.2, 0.25) is 5.02 Å². The number of nitrogens with zero attached hydrogens (tertiary/aromatic N) is 4. The zero-order valence-corrected chi connectivity index (χ0v) is 20.5. The summed E-state index contributed by atoms with van der Waals surface area (Å²) >= 11 is 6.10. The lowest BCUT2D eigenvalue weighted by molar-refractivity contribution is -0.192. The molecular weight excluding hydrogens is 495 g/mol. The number of aliphatic carboxylic acids is 1. The summed E-state index contributed by atoms with van der Waals surface area (Å²) in [6, 6.07) is 14.9. The number of fused-ring (bicyclic) bond motifs is 1. The van der Waals surface area contributed by atoms with Crippen molar-refractivity contribution >= 4 is 40.2 Å². The van der Waals surface area contributed by atoms with Crippen molar-refractivity contribution in [3.8, 4) is 0 Å². The van der Waals surface area contributed by atoms with Crippen molar-refractivity contribution in [2.24, 2.45) is 0 Å². The molecule has 2 heterocycles. The number of rotatable bonds is 5. The molecule has 0 bridgehead atoms. The molecule has 3 aromatic rings. The second kappa shape index (κ2) is 10.9. The Morgan fingerprint density at radius 2 is 1.69 bits per heavy atom. The number of halogens is 4. The third-order valence-corrected chi connectivity index (χ3v) is 6.32. The summed E-state index contributed by atoms with van der Waals surface area (Å²) in [7, 11) is 0. The quantitative estimate of drug-likeness (QED) is 0.482. The molecule has 192 valence electrons. The summed E-state index contributed by atoms with van der Waals surface area (Å²) in [4.78, 5) is 23.7. The van der Waals surface area contributed by atoms with Crippen LogP contribution < -0.4 is 10.2 Å². The van der Waals surface area contributed by atoms with Crippen LogP contribution in [0.25, 0.3) is 11.0 Å². The summed E-state index contributed by atoms with van der Waals surface area (Å²) in [6.07, 6.45) is -2.63. The number of aromatic nitrogens is 2. The number of hydrogen-bond acceptors (Lipinski definition) is 6. The number of benzene rings is 2. The molecule has 1 aliphatic carbocycles. The van der Waals surface area contributed by atoms with Gasteiger partial charge in [0.05, 0.1) is 11.0 Å². The zero-order chi connectivity index (χ0) is 25.9. The summed E-state index contributed by atoms with van der Waals surface area (Å²) in [5.74, 6) is -0.821. The molecule has 0 radical (unpaired) electrons. The van der Waals surface area contributed by atoms with Crippen LogP contribution in [-0.2, 0) is 11.3 Å². The molecule has 2 N–H and O–H groups in total. The topological polar surface area (TPSA) is 81.6 Å². The number of carbonyl (C=O) groups is 1. The van der Waals surface area contributed by atoms with Crippen LogP contribution in [0.5, 0.6) is 0 Å². The van der Waals surface area contributed by atoms with E-state index >= 15 is 0 Å². The van der Waals surface area contributed by atoms with E-state index in [1.165, 1.54) is 24.0 Å². The molecule has 0 atom stereocenters. The first-order valence-corrected chi connectivity index (χ1v) is 12.0. The number of aryl methyl sites for hydroxylation is 1. The molecular formula is C25H27ClF3N5O2. The first-order valence-electron chi connectivity index (χ1n) is 11.7. The van der Waals surface area contributed by atoms with Gasteiger partial charge in [-0.25, -0.2) is 14.8 Å². The van der Waals surface area contributed by atoms with Crippen molar-refractivity contribution in [1.29, 1.82) is 0 Å². The number of piperazine rings is 1. The van der Waals surface area contributed by atoms with Gasteiger partial charge in [0.2, 0.25) is 0 Å². The second-order valence-electron chi connectivity index (χ2n) is 8.94. The summed E-state index contributed by atoms with van der Waals surface area (Å²) in [5, 5.41) is 11.5. The van der Waals surface area contributed by atoms with Gasteiger partial charge in [0.15, 0.2) is 11.6 Å². The lowest BCUT2D eigenvalue weighted by Gasteiger charge is -2.36. The second-order valence-corrected chi connectivity index (χ2v) is 9.38. The number of alkyl halides is 3. The molecule has 36 heavy (non-hydrogen) atoms. The van der Waals surface area contributed by atoms with Gasteiger partial charge in [-0.3, -0.25) is 4.90 Å². The van der Waals surface area contributed by atoms with Crippen LogP contribution in [-0.4, -0.2) is 64.3 Å². The van der Waals surface area contributed by atoms with E-state index in [0.717, 1.165) is 60.4 Å². The molecule has 7 nitrogen and oxygen atoms in total. The minimum Gasteiger partial charge on any atom is -0.475 e. The van der Waals surface area contributed by atoms with E-state index in [1.54, 1.807) is 0 Å². The third kappa shape index (κ3) is 6.76. The highest BCUT2D eigenvalue weighted by Gasteiger charge is 2.38. The van der Waals surface area contributed by atoms with Crippen LogP contribution in [0.3, 0.4) is 0 Å². The van der Waals surface area contributed by atoms with Gasteiger partial charge in [0.1, 0.15) is 0 Å². The first-order chi connectivity index (χ1) is 17.1. The molecule has 11 heteroatoms. The largest absolute Gasteiger partial charge is 0.490 e. The van der Waals surface area contributed by atoms with Gasteiger partial charge < -0.3 is 15.3 Å². The molecule has 2 aliphatic rings. The van der Waals surface area contributed by atoms with E-state index in [0.29, 0.717) is 6.04 Å². The summed E-state index contributed by atoms with van der Waals surface area (Å²) in [6.45, 7) is 7.04. The smallest absolute Gasteiger partial charge is 0.475 e. The normalized spacial score (nSPS) is 16.4. The SMILES string of the molecule is Cc1cc(Cl)ccc1CN1CCN(c2nc3ccccc3nc2NC2CC2)CC1.O=C(O)C(F)(F)F. The third-order valence-electron chi connectivity index (χ3n) is 6.08. The average molecular weight is 522 g/mol. The van der Waals surface area contributed by atoms with Crippen molar-refractivity contribution in [3.05, 3.63) is 58.6 Å². The lowest BCUT2D eigenvalue weighted by atomic mass is 10.1. The Morgan fingerprint density at radius 3 is 2.25 bits per heavy atom. The van der Waals surface area contributed by atoms with Gasteiger partial charge in [-0.1, -0.05) is 29.8 Å². The zero-order valence-electron chi connectivity index (χ0n) is 19.7. The highest BCUT2D eigenvalue weighted by atomic mass is 35.5. The molecule has 1 aliphatic heterocycles. The van der Waals surface area contributed by atoms with Gasteiger partial charge in [-0.2, -0.15) is 13.2 Å². The molecule has 5 rings (SSSR count). The minimum atomic E-state index is -5.08. The van der Waals surface area contributed by atoms with Gasteiger partial charge in [-0.15, -0.1) is 0 Å². The van der Waals surface area contributed by atoms with Crippen LogP contribution in [0.1, 0.15) is 24.0 Å². The van der Waals surface area contributed by atoms with Crippen molar-refractivity contribution in [1.82, 2.24) is 14.9 Å². The van der Waals surface area contributed by atoms with Crippen molar-refractivity contribution in [2.75, 3.05) is 36.4 Å². The fourth-order valence-corrected chi connectivity index (χ4v) is 4.15. The fraction of sp³-hybridized carbons (Fsp3) is 0.400. The Hall–Kier alpha value is -3.11. The van der Waals surface area contributed by atoms with Crippen molar-refractivity contribution in [3.63, 3.8) is 0 Å². The Balaban J connectivity index is 0.000000384. The predicted octanol–water partition coefficient (Wildman–Crippen LogP) is 5.12. The maximum absolute atomic E-state index is 10.6. The average Bonchev–Trinajstić information content (AvgIpc) is 3.65. The van der Waals surface area contributed by atoms with E-state index in [2.05, 4.69) is 28.1 Å². The monoisotopic (exact) mass is 521 g/mol. The highest BCUT2D eigenvalue weighted by Crippen LogP contribution is 2.31. The summed E-state index contributed by atoms with van der Waals surface area (Å²) in [5.41, 5.74) is 4.53. The lowest BCUT2D eigenvalue weighted by Crippen LogP contribution is -2.46. The van der Waals surface area contributed by atoms with Crippen LogP contribution in [0.15, 0.2) is 42.5 Å². The molecule has 1 saturated heterocycles. The molecule has 0 unspecified atom stereocenters. The maximum atomic E-state index is 10.6. The number of para-hydroxylation sites is 2. The van der Waals surface area contributed by atoms with E-state index in [9.17, 15) is 13.2 Å². The molecule has 1 saturated carbocycles. The van der Waals surface area contributed by atoms with Gasteiger partial charge in [-0.05, 0) is 55.2 Å². The molecule has 0 spiro atoms. The van der Waals surface area contributed by atoms with Crippen LogP contribution in [0.4, 0.5) is 24.8 Å². The maximum Gasteiger partial charge on any atom is 0.490 e. The fourth-order valence-electron chi connectivity index (χ4n) is 3.92. The summed E-state index contributed by atoms with van der Waals surface area (Å²) < 4.78 is 31.7. The Kier molecular flexibility index (Phi) is 7.85. The van der Waals surface area contributed by atoms with Gasteiger partial charge in [0.25, 0.3) is 0 Å². The molecule has 1 aromatic heterocycles. The minimum absolute atomic E-state index is 0.554. The Morgan fingerprint density at radius 1 is 1.08 bits per heavy atom. The van der Waals surface area contributed by atoms with E-state index in [1.807, 2.05) is 36.4 Å². The molecule has 2 aromatic carbocycles. The standard InChI is InChI=1S/C23H26ClN5.C2HF3O2/c1-16-14-18(24)7-6-17(16)15-28-10-12-29(13-11-28)23-22(25-19-8-9-19)26-20-4-2-3-5-21(20)27-23;3-2(4,5)1(6)7/h2-7,14,19H,8-13,15H2,1H3,(H,25,26);(H,6,7). The molecule has 2 fully saturated rings. The van der Waals surface area contributed by atoms with E-state index < -0.39 is 12.1 Å². The molecule has 0 amide bonds. The first kappa shape index (κ1) is 26.0. The van der Waals surface area contributed by atoms with Crippen molar-refractivity contribution in [2.45, 2.75) is 38.5 Å². The number of hydrogen-bond donors (Lipinski definition) is 2. The predicted molar refractivity (Wildman–Crippen MR) is 134 cm³/mol. The highest BCUT2D eigenvalue weighted by molar-refractivity contribution is 6.30. The van der Waals surface area contributed by atoms with Gasteiger partial charge in [0, 0.05) is 43.8 Å².